The van der Waals surface area contributed by atoms with Crippen LogP contribution in [0.25, 0.3) is 0 Å². The summed E-state index contributed by atoms with van der Waals surface area (Å²) in [7, 11) is 0. The predicted octanol–water partition coefficient (Wildman–Crippen LogP) is -1.53. The lowest BCUT2D eigenvalue weighted by Crippen LogP contribution is -2.34. The molecule has 0 saturated carbocycles. The van der Waals surface area contributed by atoms with Gasteiger partial charge in [0.2, 0.25) is 0 Å². The van der Waals surface area contributed by atoms with Gasteiger partial charge in [-0.1, -0.05) is 0 Å². The SMILES string of the molecule is Cc1ncc[nH]1.O=c1[nH]c(=O)[nH]c(=O)[nH]1. The van der Waals surface area contributed by atoms with E-state index in [1.807, 2.05) is 6.92 Å². The average Bonchev–Trinajstić information content (AvgIpc) is 2.54. The molecule has 2 heterocycles. The van der Waals surface area contributed by atoms with Gasteiger partial charge in [-0.2, -0.15) is 0 Å². The van der Waals surface area contributed by atoms with E-state index < -0.39 is 17.1 Å². The molecule has 2 rings (SSSR count). The molecule has 0 amide bonds. The van der Waals surface area contributed by atoms with Gasteiger partial charge in [0.05, 0.1) is 0 Å². The number of aryl methyl sites for hydroxylation is 1. The van der Waals surface area contributed by atoms with Gasteiger partial charge in [0, 0.05) is 12.4 Å². The van der Waals surface area contributed by atoms with Crippen molar-refractivity contribution in [3.05, 3.63) is 49.7 Å². The monoisotopic (exact) mass is 211 g/mol. The van der Waals surface area contributed by atoms with Crippen LogP contribution in [-0.2, 0) is 0 Å². The Morgan fingerprint density at radius 2 is 1.47 bits per heavy atom. The van der Waals surface area contributed by atoms with Crippen LogP contribution >= 0.6 is 0 Å². The molecule has 8 heteroatoms. The zero-order valence-electron chi connectivity index (χ0n) is 7.83. The largest absolute Gasteiger partial charge is 0.349 e. The summed E-state index contributed by atoms with van der Waals surface area (Å²) in [5.41, 5.74) is -2.41. The Hall–Kier alpha value is -2.38. The smallest absolute Gasteiger partial charge is 0.330 e. The molecule has 80 valence electrons. The predicted molar refractivity (Wildman–Crippen MR) is 51.6 cm³/mol. The van der Waals surface area contributed by atoms with Crippen molar-refractivity contribution in [3.8, 4) is 0 Å². The molecule has 2 aromatic heterocycles. The lowest BCUT2D eigenvalue weighted by atomic mass is 10.8. The number of rotatable bonds is 0. The standard InChI is InChI=1S/C4H6N2.C3H3N3O3/c1-4-5-2-3-6-4;7-1-4-2(8)6-3(9)5-1/h2-3H,1H3,(H,5,6);(H3,4,5,6,7,8,9). The summed E-state index contributed by atoms with van der Waals surface area (Å²) in [6.45, 7) is 1.92. The molecule has 0 bridgehead atoms. The zero-order valence-corrected chi connectivity index (χ0v) is 7.83. The van der Waals surface area contributed by atoms with Crippen LogP contribution in [0.3, 0.4) is 0 Å². The highest BCUT2D eigenvalue weighted by molar-refractivity contribution is 4.80. The first-order valence-corrected chi connectivity index (χ1v) is 3.97. The van der Waals surface area contributed by atoms with Gasteiger partial charge in [0.25, 0.3) is 0 Å². The Bertz CT molecular complexity index is 483. The normalized spacial score (nSPS) is 9.13. The second-order valence-electron chi connectivity index (χ2n) is 2.54. The van der Waals surface area contributed by atoms with Gasteiger partial charge < -0.3 is 4.98 Å². The maximum Gasteiger partial charge on any atom is 0.330 e. The molecule has 0 spiro atoms. The Kier molecular flexibility index (Phi) is 3.38. The maximum atomic E-state index is 10.2. The highest BCUT2D eigenvalue weighted by Crippen LogP contribution is 1.78. The molecule has 0 fully saturated rings. The van der Waals surface area contributed by atoms with Crippen LogP contribution in [0.1, 0.15) is 5.82 Å². The number of nitrogens with zero attached hydrogens (tertiary/aromatic N) is 1. The van der Waals surface area contributed by atoms with Gasteiger partial charge in [0.1, 0.15) is 5.82 Å². The Labute approximate surface area is 82.4 Å². The summed E-state index contributed by atoms with van der Waals surface area (Å²) in [6, 6.07) is 0. The van der Waals surface area contributed by atoms with Crippen LogP contribution in [0.5, 0.6) is 0 Å². The van der Waals surface area contributed by atoms with Crippen molar-refractivity contribution >= 4 is 0 Å². The molecule has 0 saturated heterocycles. The van der Waals surface area contributed by atoms with E-state index >= 15 is 0 Å². The average molecular weight is 211 g/mol. The van der Waals surface area contributed by atoms with Gasteiger partial charge in [-0.3, -0.25) is 15.0 Å². The van der Waals surface area contributed by atoms with Gasteiger partial charge in [0.15, 0.2) is 0 Å². The van der Waals surface area contributed by atoms with Crippen molar-refractivity contribution in [2.45, 2.75) is 6.92 Å². The number of imidazole rings is 1. The lowest BCUT2D eigenvalue weighted by Gasteiger charge is -1.77. The topological polar surface area (TPSA) is 127 Å². The van der Waals surface area contributed by atoms with E-state index in [2.05, 4.69) is 9.97 Å². The number of hydrogen-bond donors (Lipinski definition) is 4. The highest BCUT2D eigenvalue weighted by atomic mass is 16.2. The Balaban J connectivity index is 0.000000162. The summed E-state index contributed by atoms with van der Waals surface area (Å²) in [5.74, 6) is 0.968. The van der Waals surface area contributed by atoms with Crippen LogP contribution in [0.2, 0.25) is 0 Å². The summed E-state index contributed by atoms with van der Waals surface area (Å²) in [4.78, 5) is 42.7. The lowest BCUT2D eigenvalue weighted by molar-refractivity contribution is 0.888. The minimum Gasteiger partial charge on any atom is -0.349 e. The molecule has 0 aliphatic rings. The number of H-pyrrole nitrogens is 4. The molecule has 0 unspecified atom stereocenters. The molecule has 2 aromatic rings. The molecule has 15 heavy (non-hydrogen) atoms. The van der Waals surface area contributed by atoms with E-state index in [0.717, 1.165) is 5.82 Å². The molecule has 0 atom stereocenters. The summed E-state index contributed by atoms with van der Waals surface area (Å²) >= 11 is 0. The van der Waals surface area contributed by atoms with Crippen molar-refractivity contribution in [2.24, 2.45) is 0 Å². The quantitative estimate of drug-likeness (QED) is 0.421. The van der Waals surface area contributed by atoms with Crippen LogP contribution < -0.4 is 17.1 Å². The molecule has 4 N–H and O–H groups in total. The molecule has 0 radical (unpaired) electrons. The summed E-state index contributed by atoms with van der Waals surface area (Å²) in [5, 5.41) is 0. The Morgan fingerprint density at radius 1 is 1.00 bits per heavy atom. The third-order valence-corrected chi connectivity index (χ3v) is 1.32. The van der Waals surface area contributed by atoms with Crippen LogP contribution in [0.4, 0.5) is 0 Å². The second-order valence-corrected chi connectivity index (χ2v) is 2.54. The van der Waals surface area contributed by atoms with Crippen LogP contribution in [0, 0.1) is 6.92 Å². The number of nitrogens with one attached hydrogen (secondary N) is 4. The molecular weight excluding hydrogens is 202 g/mol. The fraction of sp³-hybridized carbons (Fsp3) is 0.143. The van der Waals surface area contributed by atoms with E-state index in [1.54, 1.807) is 27.3 Å². The van der Waals surface area contributed by atoms with Crippen LogP contribution in [-0.4, -0.2) is 24.9 Å². The third kappa shape index (κ3) is 3.89. The molecular formula is C7H9N5O3. The minimum absolute atomic E-state index is 0.802. The van der Waals surface area contributed by atoms with Crippen molar-refractivity contribution in [1.82, 2.24) is 24.9 Å². The van der Waals surface area contributed by atoms with Gasteiger partial charge >= 0.3 is 17.1 Å². The van der Waals surface area contributed by atoms with Crippen molar-refractivity contribution in [1.29, 1.82) is 0 Å². The summed E-state index contributed by atoms with van der Waals surface area (Å²) in [6.07, 6.45) is 3.53. The molecule has 0 aliphatic heterocycles. The molecule has 0 aromatic carbocycles. The third-order valence-electron chi connectivity index (χ3n) is 1.32. The van der Waals surface area contributed by atoms with Crippen LogP contribution in [0.15, 0.2) is 26.8 Å². The van der Waals surface area contributed by atoms with E-state index in [9.17, 15) is 14.4 Å². The van der Waals surface area contributed by atoms with E-state index in [1.165, 1.54) is 0 Å². The number of hydrogen-bond acceptors (Lipinski definition) is 4. The van der Waals surface area contributed by atoms with E-state index in [4.69, 9.17) is 0 Å². The fourth-order valence-corrected chi connectivity index (χ4v) is 0.747. The minimum atomic E-state index is -0.802. The zero-order chi connectivity index (χ0) is 11.3. The fourth-order valence-electron chi connectivity index (χ4n) is 0.747. The van der Waals surface area contributed by atoms with Gasteiger partial charge in [-0.15, -0.1) is 0 Å². The molecule has 8 nitrogen and oxygen atoms in total. The molecule has 0 aliphatic carbocycles. The van der Waals surface area contributed by atoms with Gasteiger partial charge in [-0.05, 0) is 6.92 Å². The van der Waals surface area contributed by atoms with Crippen molar-refractivity contribution in [3.63, 3.8) is 0 Å². The highest BCUT2D eigenvalue weighted by Gasteiger charge is 1.85. The first kappa shape index (κ1) is 10.7. The maximum absolute atomic E-state index is 10.2. The first-order valence-electron chi connectivity index (χ1n) is 3.97. The number of aromatic amines is 4. The van der Waals surface area contributed by atoms with Gasteiger partial charge in [-0.25, -0.2) is 19.4 Å². The van der Waals surface area contributed by atoms with E-state index in [-0.39, 0.29) is 0 Å². The van der Waals surface area contributed by atoms with Crippen molar-refractivity contribution < 1.29 is 0 Å². The first-order chi connectivity index (χ1) is 7.08. The Morgan fingerprint density at radius 3 is 1.67 bits per heavy atom. The second kappa shape index (κ2) is 4.74. The van der Waals surface area contributed by atoms with Crippen molar-refractivity contribution in [2.75, 3.05) is 0 Å². The number of aromatic nitrogens is 5. The summed E-state index contributed by atoms with van der Waals surface area (Å²) < 4.78 is 0. The van der Waals surface area contributed by atoms with E-state index in [0.29, 0.717) is 0 Å².